The van der Waals surface area contributed by atoms with E-state index in [0.717, 1.165) is 12.1 Å². The van der Waals surface area contributed by atoms with Crippen LogP contribution in [0.2, 0.25) is 0 Å². The zero-order chi connectivity index (χ0) is 15.2. The van der Waals surface area contributed by atoms with Crippen molar-refractivity contribution in [3.8, 4) is 22.4 Å². The van der Waals surface area contributed by atoms with Gasteiger partial charge in [0.05, 0.1) is 5.69 Å². The number of nitrogens with zero attached hydrogens (tertiary/aromatic N) is 1. The van der Waals surface area contributed by atoms with Crippen LogP contribution < -0.4 is 0 Å². The van der Waals surface area contributed by atoms with Gasteiger partial charge in [-0.15, -0.1) is 0 Å². The lowest BCUT2D eigenvalue weighted by molar-refractivity contribution is 1.26. The Kier molecular flexibility index (Phi) is 2.62. The molecule has 1 nitrogen and oxygen atoms in total. The number of hydrogen-bond acceptors (Lipinski definition) is 1. The quantitative estimate of drug-likeness (QED) is 0.399. The maximum Gasteiger partial charge on any atom is 0.0780 e. The minimum atomic E-state index is 1.04. The minimum absolute atomic E-state index is 1.04. The molecule has 0 bridgehead atoms. The van der Waals surface area contributed by atoms with E-state index in [1.54, 1.807) is 0 Å². The first-order valence-electron chi connectivity index (χ1n) is 7.95. The molecule has 3 aromatic carbocycles. The maximum absolute atomic E-state index is 4.66. The molecule has 108 valence electrons. The van der Waals surface area contributed by atoms with E-state index in [2.05, 4.69) is 77.8 Å². The van der Waals surface area contributed by atoms with Gasteiger partial charge in [-0.05, 0) is 46.2 Å². The zero-order valence-electron chi connectivity index (χ0n) is 12.7. The fourth-order valence-corrected chi connectivity index (χ4v) is 3.62. The molecule has 1 aliphatic carbocycles. The van der Waals surface area contributed by atoms with Crippen molar-refractivity contribution >= 4 is 10.8 Å². The molecule has 1 heterocycles. The van der Waals surface area contributed by atoms with Gasteiger partial charge in [-0.25, -0.2) is 0 Å². The third-order valence-electron chi connectivity index (χ3n) is 4.75. The highest BCUT2D eigenvalue weighted by Gasteiger charge is 2.18. The molecule has 4 aromatic rings. The summed E-state index contributed by atoms with van der Waals surface area (Å²) in [6, 6.07) is 26.0. The summed E-state index contributed by atoms with van der Waals surface area (Å²) in [5.41, 5.74) is 7.81. The highest BCUT2D eigenvalue weighted by molar-refractivity contribution is 5.95. The van der Waals surface area contributed by atoms with Gasteiger partial charge in [0.15, 0.2) is 0 Å². The van der Waals surface area contributed by atoms with Crippen LogP contribution in [0.1, 0.15) is 11.1 Å². The third kappa shape index (κ3) is 1.90. The highest BCUT2D eigenvalue weighted by atomic mass is 14.7. The summed E-state index contributed by atoms with van der Waals surface area (Å²) in [7, 11) is 0. The van der Waals surface area contributed by atoms with Crippen LogP contribution in [0.4, 0.5) is 0 Å². The van der Waals surface area contributed by atoms with Gasteiger partial charge in [-0.1, -0.05) is 60.7 Å². The Balaban J connectivity index is 1.74. The Morgan fingerprint density at radius 1 is 0.696 bits per heavy atom. The van der Waals surface area contributed by atoms with Gasteiger partial charge in [0.1, 0.15) is 0 Å². The van der Waals surface area contributed by atoms with Gasteiger partial charge in [0.25, 0.3) is 0 Å². The van der Waals surface area contributed by atoms with Crippen molar-refractivity contribution < 1.29 is 0 Å². The Morgan fingerprint density at radius 2 is 1.52 bits per heavy atom. The molecule has 0 saturated carbocycles. The average Bonchev–Trinajstić information content (AvgIpc) is 2.99. The van der Waals surface area contributed by atoms with Gasteiger partial charge in [0.2, 0.25) is 0 Å². The van der Waals surface area contributed by atoms with E-state index in [1.165, 1.54) is 38.6 Å². The number of pyridine rings is 1. The van der Waals surface area contributed by atoms with Crippen molar-refractivity contribution in [3.05, 3.63) is 90.1 Å². The van der Waals surface area contributed by atoms with Crippen molar-refractivity contribution in [1.29, 1.82) is 0 Å². The summed E-state index contributed by atoms with van der Waals surface area (Å²) in [6.45, 7) is 0. The van der Waals surface area contributed by atoms with Crippen molar-refractivity contribution in [2.45, 2.75) is 6.42 Å². The summed E-state index contributed by atoms with van der Waals surface area (Å²) < 4.78 is 0. The van der Waals surface area contributed by atoms with E-state index < -0.39 is 0 Å². The van der Waals surface area contributed by atoms with Crippen LogP contribution in [0.5, 0.6) is 0 Å². The van der Waals surface area contributed by atoms with Gasteiger partial charge in [-0.3, -0.25) is 4.98 Å². The molecule has 0 radical (unpaired) electrons. The van der Waals surface area contributed by atoms with Crippen LogP contribution in [0.3, 0.4) is 0 Å². The largest absolute Gasteiger partial charge is 0.256 e. The predicted molar refractivity (Wildman–Crippen MR) is 95.4 cm³/mol. The summed E-state index contributed by atoms with van der Waals surface area (Å²) in [5.74, 6) is 0. The van der Waals surface area contributed by atoms with Crippen LogP contribution >= 0.6 is 0 Å². The number of hydrogen-bond donors (Lipinski definition) is 0. The summed E-state index contributed by atoms with van der Waals surface area (Å²) in [5, 5.41) is 2.44. The van der Waals surface area contributed by atoms with Crippen LogP contribution in [0.25, 0.3) is 33.2 Å². The Bertz CT molecular complexity index is 1040. The summed E-state index contributed by atoms with van der Waals surface area (Å²) >= 11 is 0. The van der Waals surface area contributed by atoms with Crippen LogP contribution in [-0.4, -0.2) is 4.98 Å². The molecule has 5 rings (SSSR count). The van der Waals surface area contributed by atoms with Gasteiger partial charge >= 0.3 is 0 Å². The summed E-state index contributed by atoms with van der Waals surface area (Å²) in [4.78, 5) is 4.66. The van der Waals surface area contributed by atoms with E-state index in [0.29, 0.717) is 0 Å². The lowest BCUT2D eigenvalue weighted by Crippen LogP contribution is -1.88. The van der Waals surface area contributed by atoms with Crippen molar-refractivity contribution in [1.82, 2.24) is 4.98 Å². The molecule has 0 unspecified atom stereocenters. The minimum Gasteiger partial charge on any atom is -0.256 e. The number of aromatic nitrogens is 1. The molecule has 1 aromatic heterocycles. The van der Waals surface area contributed by atoms with Crippen LogP contribution in [0.15, 0.2) is 79.0 Å². The molecule has 0 saturated heterocycles. The third-order valence-corrected chi connectivity index (χ3v) is 4.75. The second kappa shape index (κ2) is 4.79. The number of fused-ring (bicyclic) bond motifs is 4. The maximum atomic E-state index is 4.66. The Morgan fingerprint density at radius 3 is 2.52 bits per heavy atom. The first-order valence-corrected chi connectivity index (χ1v) is 7.95. The van der Waals surface area contributed by atoms with Crippen LogP contribution in [0, 0.1) is 0 Å². The molecule has 1 aliphatic rings. The fraction of sp³-hybridized carbons (Fsp3) is 0.0455. The lowest BCUT2D eigenvalue weighted by atomic mass is 9.98. The fourth-order valence-electron chi connectivity index (χ4n) is 3.62. The van der Waals surface area contributed by atoms with E-state index in [1.807, 2.05) is 6.20 Å². The molecule has 0 amide bonds. The molecular weight excluding hydrogens is 278 g/mol. The summed E-state index contributed by atoms with van der Waals surface area (Å²) in [6.07, 6.45) is 2.94. The van der Waals surface area contributed by atoms with Crippen molar-refractivity contribution in [2.24, 2.45) is 0 Å². The van der Waals surface area contributed by atoms with Crippen molar-refractivity contribution in [3.63, 3.8) is 0 Å². The predicted octanol–water partition coefficient (Wildman–Crippen LogP) is 5.47. The zero-order valence-corrected chi connectivity index (χ0v) is 12.7. The van der Waals surface area contributed by atoms with Crippen LogP contribution in [-0.2, 0) is 6.42 Å². The second-order valence-corrected chi connectivity index (χ2v) is 6.09. The molecule has 0 atom stereocenters. The first kappa shape index (κ1) is 12.6. The lowest BCUT2D eigenvalue weighted by Gasteiger charge is -2.08. The highest BCUT2D eigenvalue weighted by Crippen LogP contribution is 2.39. The monoisotopic (exact) mass is 293 g/mol. The van der Waals surface area contributed by atoms with Gasteiger partial charge in [0, 0.05) is 17.1 Å². The molecule has 0 fully saturated rings. The number of benzene rings is 3. The topological polar surface area (TPSA) is 12.9 Å². The Hall–Kier alpha value is -2.93. The SMILES string of the molecule is c1ccc2c(c1)Cc1ccc(-c3nccc4ccccc34)cc1-2. The molecule has 1 heteroatoms. The second-order valence-electron chi connectivity index (χ2n) is 6.09. The molecule has 0 N–H and O–H groups in total. The normalized spacial score (nSPS) is 12.2. The average molecular weight is 293 g/mol. The molecule has 0 spiro atoms. The smallest absolute Gasteiger partial charge is 0.0780 e. The Labute approximate surface area is 135 Å². The molecule has 23 heavy (non-hydrogen) atoms. The first-order chi connectivity index (χ1) is 11.4. The van der Waals surface area contributed by atoms with Gasteiger partial charge in [-0.2, -0.15) is 0 Å². The van der Waals surface area contributed by atoms with E-state index >= 15 is 0 Å². The standard InChI is InChI=1S/C22H15N/c1-4-8-20-15(5-1)11-12-23-22(20)18-10-9-17-13-16-6-2-3-7-19(16)21(17)14-18/h1-12,14H,13H2. The number of rotatable bonds is 1. The van der Waals surface area contributed by atoms with Gasteiger partial charge < -0.3 is 0 Å². The molecular formula is C22H15N. The van der Waals surface area contributed by atoms with Crippen molar-refractivity contribution in [2.75, 3.05) is 0 Å². The van der Waals surface area contributed by atoms with E-state index in [-0.39, 0.29) is 0 Å². The van der Waals surface area contributed by atoms with E-state index in [9.17, 15) is 0 Å². The molecule has 0 aliphatic heterocycles. The van der Waals surface area contributed by atoms with E-state index in [4.69, 9.17) is 0 Å².